The Kier molecular flexibility index (Phi) is 3.88. The van der Waals surface area contributed by atoms with Crippen molar-refractivity contribution in [3.63, 3.8) is 0 Å². The Morgan fingerprint density at radius 2 is 2.00 bits per heavy atom. The zero-order valence-electron chi connectivity index (χ0n) is 11.2. The van der Waals surface area contributed by atoms with E-state index in [4.69, 9.17) is 0 Å². The van der Waals surface area contributed by atoms with E-state index < -0.39 is 0 Å². The minimum atomic E-state index is -0.265. The van der Waals surface area contributed by atoms with Crippen molar-refractivity contribution in [1.29, 1.82) is 0 Å². The first-order chi connectivity index (χ1) is 8.08. The molecule has 0 saturated heterocycles. The Hall–Kier alpha value is -0.820. The lowest BCUT2D eigenvalue weighted by Gasteiger charge is -2.31. The fourth-order valence-corrected chi connectivity index (χ4v) is 3.18. The first kappa shape index (κ1) is 12.6. The average molecular weight is 232 g/mol. The fraction of sp³-hybridized carbons (Fsp3) is 0.625. The van der Waals surface area contributed by atoms with Crippen molar-refractivity contribution in [2.24, 2.45) is 11.8 Å². The van der Waals surface area contributed by atoms with Gasteiger partial charge in [-0.1, -0.05) is 43.5 Å². The van der Waals surface area contributed by atoms with Crippen LogP contribution in [-0.2, 0) is 0 Å². The van der Waals surface area contributed by atoms with Gasteiger partial charge in [-0.25, -0.2) is 0 Å². The monoisotopic (exact) mass is 232 g/mol. The summed E-state index contributed by atoms with van der Waals surface area (Å²) in [5.74, 6) is 1.23. The summed E-state index contributed by atoms with van der Waals surface area (Å²) in [6.07, 6.45) is 4.69. The zero-order valence-corrected chi connectivity index (χ0v) is 11.2. The van der Waals surface area contributed by atoms with E-state index in [0.29, 0.717) is 5.92 Å². The van der Waals surface area contributed by atoms with Crippen LogP contribution in [0.15, 0.2) is 18.2 Å². The van der Waals surface area contributed by atoms with Crippen molar-refractivity contribution >= 4 is 0 Å². The van der Waals surface area contributed by atoms with E-state index in [1.54, 1.807) is 0 Å². The van der Waals surface area contributed by atoms with Crippen LogP contribution in [0.25, 0.3) is 0 Å². The van der Waals surface area contributed by atoms with Crippen LogP contribution in [0.5, 0.6) is 0 Å². The molecule has 0 spiro atoms. The van der Waals surface area contributed by atoms with E-state index in [9.17, 15) is 5.11 Å². The molecule has 0 heterocycles. The van der Waals surface area contributed by atoms with Gasteiger partial charge in [0.2, 0.25) is 0 Å². The third-order valence-corrected chi connectivity index (χ3v) is 4.17. The Bertz CT molecular complexity index is 383. The maximum absolute atomic E-state index is 10.5. The van der Waals surface area contributed by atoms with Crippen molar-refractivity contribution in [2.45, 2.75) is 52.6 Å². The number of rotatable bonds is 2. The van der Waals surface area contributed by atoms with Crippen LogP contribution in [0.3, 0.4) is 0 Å². The Balaban J connectivity index is 2.15. The molecule has 17 heavy (non-hydrogen) atoms. The van der Waals surface area contributed by atoms with E-state index in [0.717, 1.165) is 11.5 Å². The lowest BCUT2D eigenvalue weighted by Crippen LogP contribution is -2.20. The van der Waals surface area contributed by atoms with Crippen LogP contribution >= 0.6 is 0 Å². The summed E-state index contributed by atoms with van der Waals surface area (Å²) in [6, 6.07) is 6.39. The molecule has 0 radical (unpaired) electrons. The quantitative estimate of drug-likeness (QED) is 0.811. The Labute approximate surface area is 105 Å². The van der Waals surface area contributed by atoms with Gasteiger partial charge in [0.1, 0.15) is 0 Å². The van der Waals surface area contributed by atoms with Gasteiger partial charge < -0.3 is 5.11 Å². The molecule has 1 saturated carbocycles. The van der Waals surface area contributed by atoms with Crippen LogP contribution in [0.2, 0.25) is 0 Å². The zero-order chi connectivity index (χ0) is 12.4. The molecule has 3 atom stereocenters. The Morgan fingerprint density at radius 1 is 1.24 bits per heavy atom. The number of benzene rings is 1. The molecule has 0 aromatic heterocycles. The third kappa shape index (κ3) is 2.90. The normalized spacial score (nSPS) is 26.8. The van der Waals surface area contributed by atoms with E-state index in [1.165, 1.54) is 36.8 Å². The highest BCUT2D eigenvalue weighted by atomic mass is 16.3. The lowest BCUT2D eigenvalue weighted by molar-refractivity contribution is 0.0709. The molecule has 0 bridgehead atoms. The number of aliphatic hydroxyl groups is 1. The van der Waals surface area contributed by atoms with Gasteiger partial charge in [0, 0.05) is 0 Å². The van der Waals surface area contributed by atoms with E-state index in [2.05, 4.69) is 39.0 Å². The Morgan fingerprint density at radius 3 is 2.65 bits per heavy atom. The molecular weight excluding hydrogens is 208 g/mol. The maximum atomic E-state index is 10.5. The van der Waals surface area contributed by atoms with Crippen molar-refractivity contribution in [1.82, 2.24) is 0 Å². The molecule has 1 N–H and O–H groups in total. The van der Waals surface area contributed by atoms with Gasteiger partial charge in [0.05, 0.1) is 6.10 Å². The fourth-order valence-electron chi connectivity index (χ4n) is 3.18. The summed E-state index contributed by atoms with van der Waals surface area (Å²) >= 11 is 0. The van der Waals surface area contributed by atoms with Crippen LogP contribution in [-0.4, -0.2) is 5.11 Å². The molecule has 0 amide bonds. The van der Waals surface area contributed by atoms with Gasteiger partial charge >= 0.3 is 0 Å². The predicted molar refractivity (Wildman–Crippen MR) is 72.0 cm³/mol. The van der Waals surface area contributed by atoms with Gasteiger partial charge in [-0.2, -0.15) is 0 Å². The van der Waals surface area contributed by atoms with E-state index >= 15 is 0 Å². The molecule has 1 aromatic rings. The molecule has 94 valence electrons. The molecule has 1 fully saturated rings. The second-order valence-corrected chi connectivity index (χ2v) is 5.84. The highest BCUT2D eigenvalue weighted by Crippen LogP contribution is 2.37. The summed E-state index contributed by atoms with van der Waals surface area (Å²) in [7, 11) is 0. The molecule has 3 unspecified atom stereocenters. The van der Waals surface area contributed by atoms with Crippen molar-refractivity contribution < 1.29 is 5.11 Å². The summed E-state index contributed by atoms with van der Waals surface area (Å²) in [5, 5.41) is 10.5. The number of aliphatic hydroxyl groups excluding tert-OH is 1. The average Bonchev–Trinajstić information content (AvgIpc) is 2.28. The van der Waals surface area contributed by atoms with E-state index in [1.807, 2.05) is 0 Å². The second kappa shape index (κ2) is 5.22. The molecule has 1 heteroatoms. The van der Waals surface area contributed by atoms with E-state index in [-0.39, 0.29) is 6.10 Å². The summed E-state index contributed by atoms with van der Waals surface area (Å²) in [6.45, 7) is 6.52. The minimum absolute atomic E-state index is 0.265. The topological polar surface area (TPSA) is 20.2 Å². The highest BCUT2D eigenvalue weighted by Gasteiger charge is 2.26. The maximum Gasteiger partial charge on any atom is 0.0820 e. The van der Waals surface area contributed by atoms with Crippen molar-refractivity contribution in [3.8, 4) is 0 Å². The summed E-state index contributed by atoms with van der Waals surface area (Å²) in [4.78, 5) is 0. The van der Waals surface area contributed by atoms with Crippen molar-refractivity contribution in [3.05, 3.63) is 34.9 Å². The molecule has 2 rings (SSSR count). The van der Waals surface area contributed by atoms with Gasteiger partial charge in [-0.3, -0.25) is 0 Å². The first-order valence-corrected chi connectivity index (χ1v) is 6.83. The first-order valence-electron chi connectivity index (χ1n) is 6.83. The standard InChI is InChI=1S/C16H24O/c1-11-5-4-6-14(10-11)16(17)15-8-7-12(2)9-13(15)3/h7-9,11,14,16-17H,4-6,10H2,1-3H3. The largest absolute Gasteiger partial charge is 0.388 e. The molecule has 1 aromatic carbocycles. The van der Waals surface area contributed by atoms with Gasteiger partial charge in [0.25, 0.3) is 0 Å². The van der Waals surface area contributed by atoms with Gasteiger partial charge in [-0.05, 0) is 49.7 Å². The minimum Gasteiger partial charge on any atom is -0.388 e. The van der Waals surface area contributed by atoms with Crippen LogP contribution in [0.4, 0.5) is 0 Å². The van der Waals surface area contributed by atoms with Crippen LogP contribution < -0.4 is 0 Å². The van der Waals surface area contributed by atoms with Gasteiger partial charge in [-0.15, -0.1) is 0 Å². The lowest BCUT2D eigenvalue weighted by atomic mass is 9.77. The molecule has 1 nitrogen and oxygen atoms in total. The van der Waals surface area contributed by atoms with Crippen molar-refractivity contribution in [2.75, 3.05) is 0 Å². The summed E-state index contributed by atoms with van der Waals surface area (Å²) < 4.78 is 0. The molecule has 1 aliphatic rings. The molecular formula is C16H24O. The van der Waals surface area contributed by atoms with Crippen LogP contribution in [0, 0.1) is 25.7 Å². The smallest absolute Gasteiger partial charge is 0.0820 e. The molecule has 1 aliphatic carbocycles. The number of hydrogen-bond acceptors (Lipinski definition) is 1. The summed E-state index contributed by atoms with van der Waals surface area (Å²) in [5.41, 5.74) is 3.64. The van der Waals surface area contributed by atoms with Gasteiger partial charge in [0.15, 0.2) is 0 Å². The highest BCUT2D eigenvalue weighted by molar-refractivity contribution is 5.32. The van der Waals surface area contributed by atoms with Crippen LogP contribution in [0.1, 0.15) is 55.4 Å². The number of aryl methyl sites for hydroxylation is 2. The predicted octanol–water partition coefficient (Wildman–Crippen LogP) is 4.16. The molecule has 0 aliphatic heterocycles. The SMILES string of the molecule is Cc1ccc(C(O)C2CCCC(C)C2)c(C)c1. The third-order valence-electron chi connectivity index (χ3n) is 4.17. The number of hydrogen-bond donors (Lipinski definition) is 1. The second-order valence-electron chi connectivity index (χ2n) is 5.84.